The Labute approximate surface area is 126 Å². The zero-order valence-electron chi connectivity index (χ0n) is 11.7. The van der Waals surface area contributed by atoms with Gasteiger partial charge in [0, 0.05) is 17.9 Å². The van der Waals surface area contributed by atoms with E-state index < -0.39 is 18.0 Å². The Morgan fingerprint density at radius 3 is 2.95 bits per heavy atom. The van der Waals surface area contributed by atoms with E-state index in [1.165, 1.54) is 23.0 Å². The van der Waals surface area contributed by atoms with Crippen LogP contribution in [0.1, 0.15) is 19.8 Å². The third-order valence-corrected chi connectivity index (χ3v) is 4.91. The number of carboxylic acids is 1. The molecule has 0 aliphatic carbocycles. The largest absolute Gasteiger partial charge is 0.477 e. The van der Waals surface area contributed by atoms with Gasteiger partial charge in [0.15, 0.2) is 0 Å². The van der Waals surface area contributed by atoms with E-state index in [0.29, 0.717) is 17.9 Å². The molecule has 0 unspecified atom stereocenters. The Hall–Kier alpha value is -1.54. The van der Waals surface area contributed by atoms with Gasteiger partial charge >= 0.3 is 5.97 Å². The number of aliphatic hydroxyl groups excluding tert-OH is 1. The van der Waals surface area contributed by atoms with Crippen molar-refractivity contribution in [1.82, 2.24) is 4.90 Å². The van der Waals surface area contributed by atoms with Crippen LogP contribution in [0, 0.1) is 5.92 Å². The van der Waals surface area contributed by atoms with Crippen LogP contribution in [0.4, 0.5) is 0 Å². The zero-order valence-corrected chi connectivity index (χ0v) is 12.5. The summed E-state index contributed by atoms with van der Waals surface area (Å²) in [6, 6.07) is -0.215. The summed E-state index contributed by atoms with van der Waals surface area (Å²) in [7, 11) is 0. The van der Waals surface area contributed by atoms with E-state index in [1.54, 1.807) is 6.92 Å². The van der Waals surface area contributed by atoms with E-state index in [9.17, 15) is 19.8 Å². The highest BCUT2D eigenvalue weighted by Gasteiger charge is 2.56. The molecule has 0 saturated carbocycles. The topological polar surface area (TPSA) is 116 Å². The van der Waals surface area contributed by atoms with Gasteiger partial charge < -0.3 is 20.8 Å². The molecule has 8 heteroatoms. The molecule has 0 aromatic rings. The number of amides is 1. The van der Waals surface area contributed by atoms with E-state index in [2.05, 4.69) is 4.99 Å². The van der Waals surface area contributed by atoms with Gasteiger partial charge in [0.1, 0.15) is 5.70 Å². The number of fused-ring (bicyclic) bond motifs is 1. The maximum atomic E-state index is 12.0. The van der Waals surface area contributed by atoms with Crippen LogP contribution in [0.25, 0.3) is 0 Å². The van der Waals surface area contributed by atoms with Crippen LogP contribution >= 0.6 is 11.8 Å². The van der Waals surface area contributed by atoms with Crippen molar-refractivity contribution in [3.05, 3.63) is 10.6 Å². The molecule has 116 valence electrons. The number of nitrogens with zero attached hydrogens (tertiary/aromatic N) is 2. The number of rotatable bonds is 7. The predicted molar refractivity (Wildman–Crippen MR) is 79.7 cm³/mol. The first-order valence-electron chi connectivity index (χ1n) is 6.79. The van der Waals surface area contributed by atoms with Gasteiger partial charge in [0.2, 0.25) is 5.91 Å². The molecule has 0 aromatic carbocycles. The molecule has 2 heterocycles. The predicted octanol–water partition coefficient (Wildman–Crippen LogP) is 0.00440. The van der Waals surface area contributed by atoms with Crippen molar-refractivity contribution in [1.29, 1.82) is 0 Å². The van der Waals surface area contributed by atoms with Gasteiger partial charge in [-0.25, -0.2) is 4.79 Å². The number of nitrogens with two attached hydrogens (primary N) is 1. The summed E-state index contributed by atoms with van der Waals surface area (Å²) in [5.41, 5.74) is 5.22. The minimum absolute atomic E-state index is 0.0780. The molecule has 0 bridgehead atoms. The highest BCUT2D eigenvalue weighted by molar-refractivity contribution is 8.03. The maximum absolute atomic E-state index is 12.0. The number of β-lactam (4-membered cyclic amide) rings is 1. The highest BCUT2D eigenvalue weighted by Crippen LogP contribution is 2.47. The van der Waals surface area contributed by atoms with E-state index in [0.717, 1.165) is 12.2 Å². The lowest BCUT2D eigenvalue weighted by Crippen LogP contribution is -2.61. The summed E-state index contributed by atoms with van der Waals surface area (Å²) < 4.78 is 0. The van der Waals surface area contributed by atoms with Gasteiger partial charge in [0.25, 0.3) is 0 Å². The van der Waals surface area contributed by atoms with Crippen molar-refractivity contribution in [3.63, 3.8) is 0 Å². The molecule has 2 aliphatic heterocycles. The molecule has 1 fully saturated rings. The van der Waals surface area contributed by atoms with Gasteiger partial charge in [-0.2, -0.15) is 0 Å². The third kappa shape index (κ3) is 2.91. The molecule has 0 aromatic heterocycles. The second kappa shape index (κ2) is 6.48. The van der Waals surface area contributed by atoms with Gasteiger partial charge in [-0.3, -0.25) is 9.79 Å². The molecular formula is C13H19N3O4S. The summed E-state index contributed by atoms with van der Waals surface area (Å²) in [4.78, 5) is 29.3. The number of hydrogen-bond acceptors (Lipinski definition) is 5. The van der Waals surface area contributed by atoms with Crippen molar-refractivity contribution in [3.8, 4) is 0 Å². The normalized spacial score (nSPS) is 26.2. The zero-order chi connectivity index (χ0) is 15.6. The Morgan fingerprint density at radius 1 is 1.67 bits per heavy atom. The van der Waals surface area contributed by atoms with Crippen LogP contribution in [0.3, 0.4) is 0 Å². The standard InChI is InChI=1S/C13H19N3O4S/c1-7(17)10-8-5-9(21-4-2-3-15-6-14)11(13(19)20)16(8)12(10)18/h6-8,10,17H,2-5H2,1H3,(H2,14,15)(H,19,20)/t7-,8-,10-/m1/s1. The van der Waals surface area contributed by atoms with Gasteiger partial charge in [-0.15, -0.1) is 11.8 Å². The van der Waals surface area contributed by atoms with E-state index in [1.807, 2.05) is 0 Å². The fourth-order valence-corrected chi connectivity index (χ4v) is 3.92. The molecule has 0 radical (unpaired) electrons. The van der Waals surface area contributed by atoms with Crippen molar-refractivity contribution in [2.45, 2.75) is 31.9 Å². The van der Waals surface area contributed by atoms with E-state index >= 15 is 0 Å². The Balaban J connectivity index is 2.03. The lowest BCUT2D eigenvalue weighted by atomic mass is 9.83. The molecule has 1 amide bonds. The first-order chi connectivity index (χ1) is 9.99. The van der Waals surface area contributed by atoms with Gasteiger partial charge in [-0.05, 0) is 19.1 Å². The van der Waals surface area contributed by atoms with E-state index in [-0.39, 0.29) is 17.6 Å². The Kier molecular flexibility index (Phi) is 4.89. The van der Waals surface area contributed by atoms with Gasteiger partial charge in [0.05, 0.1) is 24.4 Å². The van der Waals surface area contributed by atoms with Crippen LogP contribution < -0.4 is 5.73 Å². The number of aliphatic hydroxyl groups is 1. The maximum Gasteiger partial charge on any atom is 0.353 e. The summed E-state index contributed by atoms with van der Waals surface area (Å²) in [5, 5.41) is 18.9. The Bertz CT molecular complexity index is 504. The highest BCUT2D eigenvalue weighted by atomic mass is 32.2. The first kappa shape index (κ1) is 15.8. The van der Waals surface area contributed by atoms with Gasteiger partial charge in [-0.1, -0.05) is 0 Å². The molecule has 1 saturated heterocycles. The number of hydrogen-bond donors (Lipinski definition) is 3. The first-order valence-corrected chi connectivity index (χ1v) is 7.78. The lowest BCUT2D eigenvalue weighted by molar-refractivity contribution is -0.161. The number of aliphatic imine (C=N–C) groups is 1. The molecule has 3 atom stereocenters. The number of carbonyl (C=O) groups excluding carboxylic acids is 1. The molecule has 2 rings (SSSR count). The number of carboxylic acid groups (broad SMARTS) is 1. The van der Waals surface area contributed by atoms with Crippen LogP contribution in [0.15, 0.2) is 15.6 Å². The summed E-state index contributed by atoms with van der Waals surface area (Å²) in [6.45, 7) is 2.16. The summed E-state index contributed by atoms with van der Waals surface area (Å²) in [5.74, 6) is -1.15. The van der Waals surface area contributed by atoms with E-state index in [4.69, 9.17) is 5.73 Å². The quantitative estimate of drug-likeness (QED) is 0.264. The monoisotopic (exact) mass is 313 g/mol. The van der Waals surface area contributed by atoms with Crippen LogP contribution in [0.5, 0.6) is 0 Å². The molecule has 7 nitrogen and oxygen atoms in total. The molecule has 4 N–H and O–H groups in total. The average molecular weight is 313 g/mol. The van der Waals surface area contributed by atoms with Crippen molar-refractivity contribution < 1.29 is 19.8 Å². The van der Waals surface area contributed by atoms with Crippen LogP contribution in [0.2, 0.25) is 0 Å². The summed E-state index contributed by atoms with van der Waals surface area (Å²) in [6.07, 6.45) is 1.79. The van der Waals surface area contributed by atoms with Crippen LogP contribution in [-0.4, -0.2) is 57.8 Å². The molecule has 21 heavy (non-hydrogen) atoms. The lowest BCUT2D eigenvalue weighted by Gasteiger charge is -2.44. The smallest absolute Gasteiger partial charge is 0.353 e. The third-order valence-electron chi connectivity index (χ3n) is 3.70. The number of aliphatic carboxylic acids is 1. The molecule has 0 spiro atoms. The fraction of sp³-hybridized carbons (Fsp3) is 0.615. The second-order valence-corrected chi connectivity index (χ2v) is 6.27. The number of carbonyl (C=O) groups is 2. The number of thioether (sulfide) groups is 1. The van der Waals surface area contributed by atoms with Crippen molar-refractivity contribution >= 4 is 30.0 Å². The summed E-state index contributed by atoms with van der Waals surface area (Å²) >= 11 is 1.44. The minimum atomic E-state index is -1.09. The van der Waals surface area contributed by atoms with Crippen molar-refractivity contribution in [2.75, 3.05) is 12.3 Å². The van der Waals surface area contributed by atoms with Crippen molar-refractivity contribution in [2.24, 2.45) is 16.6 Å². The minimum Gasteiger partial charge on any atom is -0.477 e. The second-order valence-electron chi connectivity index (χ2n) is 5.08. The molecular weight excluding hydrogens is 294 g/mol. The average Bonchev–Trinajstić information content (AvgIpc) is 2.72. The molecule has 2 aliphatic rings. The van der Waals surface area contributed by atoms with Crippen LogP contribution in [-0.2, 0) is 9.59 Å². The Morgan fingerprint density at radius 2 is 2.38 bits per heavy atom. The SMILES string of the molecule is C[C@@H](O)[C@H]1C(=O)N2C(C(=O)O)=C(SCCCN=CN)C[C@H]12. The fourth-order valence-electron chi connectivity index (χ4n) is 2.79.